The Morgan fingerprint density at radius 3 is 2.52 bits per heavy atom. The van der Waals surface area contributed by atoms with Crippen LogP contribution in [-0.4, -0.2) is 88.9 Å². The van der Waals surface area contributed by atoms with Crippen molar-refractivity contribution in [2.45, 2.75) is 44.7 Å². The fourth-order valence-corrected chi connectivity index (χ4v) is 3.75. The molecule has 0 aliphatic carbocycles. The van der Waals surface area contributed by atoms with Crippen molar-refractivity contribution in [1.29, 1.82) is 0 Å². The highest BCUT2D eigenvalue weighted by Gasteiger charge is 2.34. The van der Waals surface area contributed by atoms with Gasteiger partial charge in [0.1, 0.15) is 18.9 Å². The van der Waals surface area contributed by atoms with Gasteiger partial charge >= 0.3 is 11.9 Å². The van der Waals surface area contributed by atoms with Crippen LogP contribution in [0.4, 0.5) is 5.69 Å². The first-order valence-corrected chi connectivity index (χ1v) is 12.3. The van der Waals surface area contributed by atoms with Crippen LogP contribution in [0.25, 0.3) is 6.08 Å². The van der Waals surface area contributed by atoms with Crippen molar-refractivity contribution >= 4 is 47.3 Å². The van der Waals surface area contributed by atoms with Crippen LogP contribution in [0.1, 0.15) is 31.7 Å². The highest BCUT2D eigenvalue weighted by Crippen LogP contribution is 2.31. The molecule has 4 N–H and O–H groups in total. The molecule has 1 aromatic rings. The van der Waals surface area contributed by atoms with Crippen LogP contribution >= 0.6 is 0 Å². The molecule has 3 unspecified atom stereocenters. The number of carboxylic acid groups (broad SMARTS) is 1. The van der Waals surface area contributed by atoms with Gasteiger partial charge in [-0.2, -0.15) is 0 Å². The average molecular weight is 560 g/mol. The number of aliphatic hydroxyl groups excluding tert-OH is 1. The Labute approximate surface area is 228 Å². The van der Waals surface area contributed by atoms with E-state index in [4.69, 9.17) is 14.2 Å². The third-order valence-electron chi connectivity index (χ3n) is 5.65. The van der Waals surface area contributed by atoms with E-state index in [-0.39, 0.29) is 43.9 Å². The van der Waals surface area contributed by atoms with Gasteiger partial charge < -0.3 is 35.1 Å². The molecule has 214 valence electrons. The van der Waals surface area contributed by atoms with Crippen LogP contribution in [0, 0.1) is 0 Å². The van der Waals surface area contributed by atoms with Gasteiger partial charge in [0.15, 0.2) is 6.10 Å². The number of imide groups is 1. The van der Waals surface area contributed by atoms with Gasteiger partial charge in [-0.15, -0.1) is 0 Å². The Kier molecular flexibility index (Phi) is 10.5. The molecule has 2 aliphatic heterocycles. The van der Waals surface area contributed by atoms with E-state index in [0.29, 0.717) is 5.56 Å². The van der Waals surface area contributed by atoms with Crippen molar-refractivity contribution in [2.75, 3.05) is 25.0 Å². The van der Waals surface area contributed by atoms with Crippen molar-refractivity contribution in [3.63, 3.8) is 0 Å². The molecule has 0 spiro atoms. The lowest BCUT2D eigenvalue weighted by atomic mass is 10.1. The lowest BCUT2D eigenvalue weighted by Crippen LogP contribution is -2.42. The second kappa shape index (κ2) is 14.0. The number of anilines is 1. The van der Waals surface area contributed by atoms with Crippen LogP contribution in [0.2, 0.25) is 0 Å². The first kappa shape index (κ1) is 30.0. The normalized spacial score (nSPS) is 20.4. The van der Waals surface area contributed by atoms with Crippen molar-refractivity contribution in [3.8, 4) is 5.75 Å². The number of carbonyl (C=O) groups excluding carboxylic acids is 5. The van der Waals surface area contributed by atoms with Crippen molar-refractivity contribution in [3.05, 3.63) is 42.0 Å². The highest BCUT2D eigenvalue weighted by molar-refractivity contribution is 6.14. The third kappa shape index (κ3) is 9.03. The second-order valence-corrected chi connectivity index (χ2v) is 8.84. The zero-order chi connectivity index (χ0) is 29.2. The largest absolute Gasteiger partial charge is 0.479 e. The number of nitrogens with one attached hydrogen (secondary N) is 2. The van der Waals surface area contributed by atoms with E-state index in [1.54, 1.807) is 24.3 Å². The van der Waals surface area contributed by atoms with Gasteiger partial charge in [-0.1, -0.05) is 12.1 Å². The summed E-state index contributed by atoms with van der Waals surface area (Å²) in [7, 11) is 0. The number of amides is 4. The monoisotopic (exact) mass is 559 g/mol. The molecule has 0 bridgehead atoms. The van der Waals surface area contributed by atoms with Crippen LogP contribution in [-0.2, 0) is 38.2 Å². The maximum Gasteiger partial charge on any atom is 0.333 e. The maximum absolute atomic E-state index is 12.7. The van der Waals surface area contributed by atoms with Gasteiger partial charge in [-0.05, 0) is 23.8 Å². The van der Waals surface area contributed by atoms with Crippen LogP contribution in [0.5, 0.6) is 5.75 Å². The molecular formula is C26H29N3O11. The minimum absolute atomic E-state index is 0.00474. The SMILES string of the molecule is CC(=O)OC/C=C/c1ccc(OC2CC(O)CC(C(=O)O)O2)c(NC(=O)CCNC(=O)CN2C(=O)C=CC2=O)c1. The fourth-order valence-electron chi connectivity index (χ4n) is 3.75. The number of aliphatic carboxylic acids is 1. The molecule has 0 saturated carbocycles. The molecule has 14 heteroatoms. The quantitative estimate of drug-likeness (QED) is 0.198. The fraction of sp³-hybridized carbons (Fsp3) is 0.385. The van der Waals surface area contributed by atoms with E-state index in [9.17, 15) is 39.0 Å². The summed E-state index contributed by atoms with van der Waals surface area (Å²) in [5.74, 6) is -3.90. The summed E-state index contributed by atoms with van der Waals surface area (Å²) in [5, 5.41) is 24.4. The predicted octanol–water partition coefficient (Wildman–Crippen LogP) is -0.0379. The van der Waals surface area contributed by atoms with Gasteiger partial charge in [0, 0.05) is 44.9 Å². The minimum Gasteiger partial charge on any atom is -0.479 e. The smallest absolute Gasteiger partial charge is 0.333 e. The van der Waals surface area contributed by atoms with E-state index in [1.165, 1.54) is 13.0 Å². The van der Waals surface area contributed by atoms with Crippen LogP contribution in [0.3, 0.4) is 0 Å². The molecule has 1 fully saturated rings. The van der Waals surface area contributed by atoms with Crippen molar-refractivity contribution in [1.82, 2.24) is 10.2 Å². The molecule has 40 heavy (non-hydrogen) atoms. The molecule has 2 aliphatic rings. The van der Waals surface area contributed by atoms with Crippen molar-refractivity contribution in [2.24, 2.45) is 0 Å². The van der Waals surface area contributed by atoms with Gasteiger partial charge in [0.25, 0.3) is 11.8 Å². The minimum atomic E-state index is -1.26. The average Bonchev–Trinajstić information content (AvgIpc) is 3.19. The lowest BCUT2D eigenvalue weighted by Gasteiger charge is -2.31. The number of esters is 1. The summed E-state index contributed by atoms with van der Waals surface area (Å²) in [6.45, 7) is 0.739. The zero-order valence-corrected chi connectivity index (χ0v) is 21.5. The number of benzene rings is 1. The molecule has 1 saturated heterocycles. The Morgan fingerprint density at radius 1 is 1.12 bits per heavy atom. The van der Waals surface area contributed by atoms with Crippen LogP contribution in [0.15, 0.2) is 36.4 Å². The summed E-state index contributed by atoms with van der Waals surface area (Å²) in [6, 6.07) is 4.71. The molecule has 2 heterocycles. The third-order valence-corrected chi connectivity index (χ3v) is 5.65. The molecular weight excluding hydrogens is 530 g/mol. The number of nitrogens with zero attached hydrogens (tertiary/aromatic N) is 1. The van der Waals surface area contributed by atoms with Gasteiger partial charge in [-0.25, -0.2) is 4.79 Å². The standard InChI is InChI=1S/C26H29N3O11/c1-15(30)38-10-2-3-16-4-5-19(39-25-13-17(31)12-20(40-25)26(36)37)18(11-16)28-21(32)8-9-27-22(33)14-29-23(34)6-7-24(29)35/h2-7,11,17,20,25,31H,8-10,12-14H2,1H3,(H,27,33)(H,28,32)(H,36,37)/b3-2+. The summed E-state index contributed by atoms with van der Waals surface area (Å²) in [5.41, 5.74) is 0.797. The number of ether oxygens (including phenoxy) is 3. The lowest BCUT2D eigenvalue weighted by molar-refractivity contribution is -0.195. The van der Waals surface area contributed by atoms with E-state index in [2.05, 4.69) is 10.6 Å². The number of hydrogen-bond acceptors (Lipinski definition) is 10. The number of carboxylic acids is 1. The molecule has 0 aromatic heterocycles. The summed E-state index contributed by atoms with van der Waals surface area (Å²) in [6.07, 6.45) is 1.76. The Morgan fingerprint density at radius 2 is 1.85 bits per heavy atom. The first-order valence-electron chi connectivity index (χ1n) is 12.3. The van der Waals surface area contributed by atoms with Gasteiger partial charge in [0.2, 0.25) is 18.1 Å². The molecule has 14 nitrogen and oxygen atoms in total. The number of rotatable bonds is 12. The zero-order valence-electron chi connectivity index (χ0n) is 21.5. The number of carbonyl (C=O) groups is 6. The summed E-state index contributed by atoms with van der Waals surface area (Å²) >= 11 is 0. The first-order chi connectivity index (χ1) is 19.0. The number of hydrogen-bond donors (Lipinski definition) is 4. The van der Waals surface area contributed by atoms with Gasteiger partial charge in [0.05, 0.1) is 11.8 Å². The van der Waals surface area contributed by atoms with E-state index in [0.717, 1.165) is 17.1 Å². The Bertz CT molecular complexity index is 1210. The second-order valence-electron chi connectivity index (χ2n) is 8.84. The van der Waals surface area contributed by atoms with E-state index >= 15 is 0 Å². The predicted molar refractivity (Wildman–Crippen MR) is 136 cm³/mol. The Hall–Kier alpha value is -4.56. The summed E-state index contributed by atoms with van der Waals surface area (Å²) in [4.78, 5) is 70.9. The van der Waals surface area contributed by atoms with E-state index < -0.39 is 60.6 Å². The highest BCUT2D eigenvalue weighted by atomic mass is 16.7. The Balaban J connectivity index is 1.64. The molecule has 3 atom stereocenters. The van der Waals surface area contributed by atoms with E-state index in [1.807, 2.05) is 0 Å². The topological polar surface area (TPSA) is 198 Å². The summed E-state index contributed by atoms with van der Waals surface area (Å²) < 4.78 is 16.1. The van der Waals surface area contributed by atoms with Crippen LogP contribution < -0.4 is 15.4 Å². The van der Waals surface area contributed by atoms with Gasteiger partial charge in [-0.3, -0.25) is 28.9 Å². The molecule has 4 amide bonds. The van der Waals surface area contributed by atoms with Crippen molar-refractivity contribution < 1.29 is 53.2 Å². The maximum atomic E-state index is 12.7. The number of aliphatic hydroxyl groups is 1. The molecule has 0 radical (unpaired) electrons. The molecule has 3 rings (SSSR count). The molecule has 1 aromatic carbocycles.